The van der Waals surface area contributed by atoms with Crippen LogP contribution < -0.4 is 4.74 Å². The van der Waals surface area contributed by atoms with Crippen molar-refractivity contribution in [1.29, 1.82) is 0 Å². The molecule has 4 heteroatoms. The van der Waals surface area contributed by atoms with Crippen LogP contribution >= 0.6 is 24.8 Å². The SMILES string of the molecule is CC(C)Oc1ccccc1C1=[C-]CC=C1.Cl.Cl.[Ti]. The monoisotopic (exact) mass is 319 g/mol. The molecule has 1 aromatic carbocycles. The van der Waals surface area contributed by atoms with Gasteiger partial charge in [-0.25, -0.2) is 0 Å². The Bertz CT molecular complexity index is 414. The van der Waals surface area contributed by atoms with Gasteiger partial charge in [-0.05, 0) is 19.9 Å². The number of hydrogen-bond donors (Lipinski definition) is 0. The number of benzene rings is 1. The summed E-state index contributed by atoms with van der Waals surface area (Å²) in [5.41, 5.74) is 2.28. The topological polar surface area (TPSA) is 9.23 Å². The maximum Gasteiger partial charge on any atom is 0.0915 e. The van der Waals surface area contributed by atoms with Gasteiger partial charge in [-0.1, -0.05) is 24.1 Å². The fourth-order valence-electron chi connectivity index (χ4n) is 1.64. The van der Waals surface area contributed by atoms with E-state index in [1.807, 2.05) is 32.0 Å². The van der Waals surface area contributed by atoms with Gasteiger partial charge in [0.15, 0.2) is 0 Å². The van der Waals surface area contributed by atoms with Crippen LogP contribution in [-0.4, -0.2) is 6.10 Å². The average Bonchev–Trinajstić information content (AvgIpc) is 2.70. The summed E-state index contributed by atoms with van der Waals surface area (Å²) in [4.78, 5) is 0. The molecule has 0 aromatic heterocycles. The molecule has 2 rings (SSSR count). The van der Waals surface area contributed by atoms with E-state index in [-0.39, 0.29) is 52.6 Å². The van der Waals surface area contributed by atoms with E-state index in [0.717, 1.165) is 23.3 Å². The second-order valence-corrected chi connectivity index (χ2v) is 3.86. The minimum absolute atomic E-state index is 0. The van der Waals surface area contributed by atoms with Crippen molar-refractivity contribution in [2.75, 3.05) is 0 Å². The second kappa shape index (κ2) is 9.69. The molecule has 0 spiro atoms. The molecule has 0 atom stereocenters. The fraction of sp³-hybridized carbons (Fsp3) is 0.286. The first-order valence-electron chi connectivity index (χ1n) is 5.31. The maximum atomic E-state index is 5.76. The van der Waals surface area contributed by atoms with E-state index >= 15 is 0 Å². The van der Waals surface area contributed by atoms with Crippen LogP contribution in [0.25, 0.3) is 5.57 Å². The average molecular weight is 320 g/mol. The van der Waals surface area contributed by atoms with Gasteiger partial charge >= 0.3 is 0 Å². The van der Waals surface area contributed by atoms with E-state index in [0.29, 0.717) is 0 Å². The van der Waals surface area contributed by atoms with E-state index in [1.54, 1.807) is 0 Å². The molecule has 0 N–H and O–H groups in total. The molecule has 0 unspecified atom stereocenters. The van der Waals surface area contributed by atoms with Gasteiger partial charge < -0.3 is 4.74 Å². The molecule has 0 amide bonds. The van der Waals surface area contributed by atoms with Crippen molar-refractivity contribution in [2.24, 2.45) is 0 Å². The van der Waals surface area contributed by atoms with E-state index in [2.05, 4.69) is 24.3 Å². The van der Waals surface area contributed by atoms with Crippen molar-refractivity contribution in [3.63, 3.8) is 0 Å². The Hall–Kier alpha value is -0.206. The zero-order valence-electron chi connectivity index (χ0n) is 10.5. The van der Waals surface area contributed by atoms with Crippen LogP contribution in [-0.2, 0) is 21.7 Å². The molecule has 1 aliphatic rings. The van der Waals surface area contributed by atoms with Crippen LogP contribution in [0.5, 0.6) is 5.75 Å². The molecule has 0 radical (unpaired) electrons. The zero-order valence-corrected chi connectivity index (χ0v) is 13.7. The predicted molar refractivity (Wildman–Crippen MR) is 77.1 cm³/mol. The van der Waals surface area contributed by atoms with Gasteiger partial charge in [-0.3, -0.25) is 0 Å². The second-order valence-electron chi connectivity index (χ2n) is 3.86. The molecule has 98 valence electrons. The van der Waals surface area contributed by atoms with E-state index < -0.39 is 0 Å². The van der Waals surface area contributed by atoms with Crippen molar-refractivity contribution >= 4 is 30.4 Å². The molecule has 0 aliphatic heterocycles. The number of halogens is 2. The van der Waals surface area contributed by atoms with Crippen LogP contribution in [0, 0.1) is 6.08 Å². The Morgan fingerprint density at radius 1 is 1.17 bits per heavy atom. The Kier molecular flexibility index (Phi) is 10.8. The van der Waals surface area contributed by atoms with Crippen molar-refractivity contribution in [2.45, 2.75) is 26.4 Å². The van der Waals surface area contributed by atoms with Crippen molar-refractivity contribution in [1.82, 2.24) is 0 Å². The fourth-order valence-corrected chi connectivity index (χ4v) is 1.64. The summed E-state index contributed by atoms with van der Waals surface area (Å²) >= 11 is 0. The van der Waals surface area contributed by atoms with Crippen LogP contribution in [0.15, 0.2) is 36.4 Å². The summed E-state index contributed by atoms with van der Waals surface area (Å²) in [5.74, 6) is 0.946. The number of para-hydroxylation sites is 1. The predicted octanol–water partition coefficient (Wildman–Crippen LogP) is 4.46. The maximum absolute atomic E-state index is 5.76. The molecule has 0 saturated heterocycles. The quantitative estimate of drug-likeness (QED) is 0.590. The summed E-state index contributed by atoms with van der Waals surface area (Å²) in [6.45, 7) is 4.08. The van der Waals surface area contributed by atoms with Gasteiger partial charge in [0.05, 0.1) is 11.9 Å². The summed E-state index contributed by atoms with van der Waals surface area (Å²) < 4.78 is 5.76. The third kappa shape index (κ3) is 5.20. The third-order valence-corrected chi connectivity index (χ3v) is 2.23. The molecule has 1 aliphatic carbocycles. The number of allylic oxidation sites excluding steroid dienone is 4. The first-order chi connectivity index (χ1) is 7.27. The number of rotatable bonds is 3. The Morgan fingerprint density at radius 3 is 2.39 bits per heavy atom. The van der Waals surface area contributed by atoms with Crippen LogP contribution in [0.2, 0.25) is 0 Å². The molecule has 0 fully saturated rings. The zero-order chi connectivity index (χ0) is 10.7. The first-order valence-corrected chi connectivity index (χ1v) is 5.31. The molecule has 0 heterocycles. The standard InChI is InChI=1S/C14H15O.2ClH.Ti/c1-11(2)15-14-10-6-5-9-13(14)12-7-3-4-8-12;;;/h3,5-7,9-11H,4H2,1-2H3;2*1H;/q-1;;;. The van der Waals surface area contributed by atoms with E-state index in [9.17, 15) is 0 Å². The number of hydrogen-bond acceptors (Lipinski definition) is 1. The van der Waals surface area contributed by atoms with Crippen LogP contribution in [0.1, 0.15) is 25.8 Å². The third-order valence-electron chi connectivity index (χ3n) is 2.23. The van der Waals surface area contributed by atoms with E-state index in [4.69, 9.17) is 4.74 Å². The summed E-state index contributed by atoms with van der Waals surface area (Å²) in [6.07, 6.45) is 8.64. The molecule has 18 heavy (non-hydrogen) atoms. The van der Waals surface area contributed by atoms with Gasteiger partial charge in [-0.2, -0.15) is 17.7 Å². The summed E-state index contributed by atoms with van der Waals surface area (Å²) in [7, 11) is 0. The molecular weight excluding hydrogens is 303 g/mol. The van der Waals surface area contributed by atoms with Crippen molar-refractivity contribution in [3.05, 3.63) is 48.1 Å². The molecule has 1 aromatic rings. The first kappa shape index (κ1) is 20.1. The van der Waals surface area contributed by atoms with Crippen LogP contribution in [0.3, 0.4) is 0 Å². The molecule has 0 saturated carbocycles. The molecular formula is C14H17Cl2OTi-. The van der Waals surface area contributed by atoms with Crippen LogP contribution in [0.4, 0.5) is 0 Å². The largest absolute Gasteiger partial charge is 0.503 e. The van der Waals surface area contributed by atoms with Crippen molar-refractivity contribution in [3.8, 4) is 5.75 Å². The number of ether oxygens (including phenoxy) is 1. The van der Waals surface area contributed by atoms with E-state index in [1.165, 1.54) is 0 Å². The molecule has 0 bridgehead atoms. The van der Waals surface area contributed by atoms with Gasteiger partial charge in [-0.15, -0.1) is 37.0 Å². The smallest absolute Gasteiger partial charge is 0.0915 e. The minimum atomic E-state index is 0. The van der Waals surface area contributed by atoms with Gasteiger partial charge in [0.25, 0.3) is 0 Å². The Balaban J connectivity index is 0. The van der Waals surface area contributed by atoms with Crippen molar-refractivity contribution < 1.29 is 26.5 Å². The van der Waals surface area contributed by atoms with Gasteiger partial charge in [0.2, 0.25) is 0 Å². The van der Waals surface area contributed by atoms with Gasteiger partial charge in [0, 0.05) is 21.7 Å². The normalized spacial score (nSPS) is 12.1. The molecule has 1 nitrogen and oxygen atoms in total. The Labute approximate surface area is 136 Å². The Morgan fingerprint density at radius 2 is 1.83 bits per heavy atom. The summed E-state index contributed by atoms with van der Waals surface area (Å²) in [5, 5.41) is 0. The van der Waals surface area contributed by atoms with Gasteiger partial charge in [0.1, 0.15) is 0 Å². The summed E-state index contributed by atoms with van der Waals surface area (Å²) in [6, 6.07) is 8.12. The minimum Gasteiger partial charge on any atom is -0.503 e.